The molecule has 0 radical (unpaired) electrons. The fraction of sp³-hybridized carbons (Fsp3) is 0.200. The van der Waals surface area contributed by atoms with E-state index >= 15 is 0 Å². The van der Waals surface area contributed by atoms with Crippen LogP contribution in [0.4, 0.5) is 0 Å². The SMILES string of the molecule is CC(=C1C=CC(=O)CC1)c1ccccc1C(=O)O. The first-order valence-corrected chi connectivity index (χ1v) is 5.83. The highest BCUT2D eigenvalue weighted by Gasteiger charge is 2.14. The van der Waals surface area contributed by atoms with Gasteiger partial charge in [-0.25, -0.2) is 4.79 Å². The molecule has 1 aliphatic rings. The Balaban J connectivity index is 2.49. The van der Waals surface area contributed by atoms with E-state index in [0.29, 0.717) is 18.4 Å². The van der Waals surface area contributed by atoms with Crippen LogP contribution in [0.25, 0.3) is 5.57 Å². The van der Waals surface area contributed by atoms with Crippen LogP contribution in [0.1, 0.15) is 35.7 Å². The Morgan fingerprint density at radius 2 is 1.78 bits per heavy atom. The minimum absolute atomic E-state index is 0.123. The largest absolute Gasteiger partial charge is 0.478 e. The Labute approximate surface area is 105 Å². The second-order valence-electron chi connectivity index (χ2n) is 4.30. The van der Waals surface area contributed by atoms with Crippen LogP contribution in [0.15, 0.2) is 42.0 Å². The Bertz CT molecular complexity index is 565. The van der Waals surface area contributed by atoms with Crippen LogP contribution in [0.3, 0.4) is 0 Å². The van der Waals surface area contributed by atoms with E-state index in [0.717, 1.165) is 16.7 Å². The molecule has 0 amide bonds. The predicted octanol–water partition coefficient (Wildman–Crippen LogP) is 3.08. The zero-order valence-corrected chi connectivity index (χ0v) is 10.1. The van der Waals surface area contributed by atoms with Gasteiger partial charge in [-0.2, -0.15) is 0 Å². The van der Waals surface area contributed by atoms with E-state index in [1.165, 1.54) is 0 Å². The van der Waals surface area contributed by atoms with Crippen LogP contribution in [0.5, 0.6) is 0 Å². The molecule has 0 unspecified atom stereocenters. The molecule has 0 saturated carbocycles. The smallest absolute Gasteiger partial charge is 0.336 e. The lowest BCUT2D eigenvalue weighted by Crippen LogP contribution is -2.04. The lowest BCUT2D eigenvalue weighted by Gasteiger charge is -2.13. The molecule has 18 heavy (non-hydrogen) atoms. The van der Waals surface area contributed by atoms with Crippen molar-refractivity contribution in [2.75, 3.05) is 0 Å². The maximum Gasteiger partial charge on any atom is 0.336 e. The number of allylic oxidation sites excluding steroid dienone is 4. The van der Waals surface area contributed by atoms with Gasteiger partial charge in [0.2, 0.25) is 0 Å². The molecular weight excluding hydrogens is 228 g/mol. The van der Waals surface area contributed by atoms with E-state index in [-0.39, 0.29) is 5.78 Å². The van der Waals surface area contributed by atoms with Crippen LogP contribution in [0.2, 0.25) is 0 Å². The van der Waals surface area contributed by atoms with Gasteiger partial charge in [0.25, 0.3) is 0 Å². The average molecular weight is 242 g/mol. The van der Waals surface area contributed by atoms with Crippen molar-refractivity contribution in [3.8, 4) is 0 Å². The molecule has 1 aromatic rings. The van der Waals surface area contributed by atoms with Crippen LogP contribution in [-0.2, 0) is 4.79 Å². The summed E-state index contributed by atoms with van der Waals surface area (Å²) in [5.74, 6) is -0.806. The summed E-state index contributed by atoms with van der Waals surface area (Å²) < 4.78 is 0. The van der Waals surface area contributed by atoms with Gasteiger partial charge in [-0.05, 0) is 42.2 Å². The quantitative estimate of drug-likeness (QED) is 0.867. The Morgan fingerprint density at radius 3 is 2.33 bits per heavy atom. The number of aromatic carboxylic acids is 1. The van der Waals surface area contributed by atoms with E-state index in [4.69, 9.17) is 5.11 Å². The molecule has 0 aromatic heterocycles. The van der Waals surface area contributed by atoms with Crippen LogP contribution < -0.4 is 0 Å². The lowest BCUT2D eigenvalue weighted by molar-refractivity contribution is -0.114. The molecule has 0 fully saturated rings. The van der Waals surface area contributed by atoms with Crippen molar-refractivity contribution in [3.63, 3.8) is 0 Å². The van der Waals surface area contributed by atoms with Gasteiger partial charge in [0.05, 0.1) is 5.56 Å². The van der Waals surface area contributed by atoms with Crippen LogP contribution in [-0.4, -0.2) is 16.9 Å². The van der Waals surface area contributed by atoms with Gasteiger partial charge in [-0.15, -0.1) is 0 Å². The summed E-state index contributed by atoms with van der Waals surface area (Å²) in [6.45, 7) is 1.90. The first-order valence-electron chi connectivity index (χ1n) is 5.83. The Hall–Kier alpha value is -2.16. The number of carbonyl (C=O) groups is 2. The molecule has 0 bridgehead atoms. The Morgan fingerprint density at radius 1 is 1.11 bits per heavy atom. The highest BCUT2D eigenvalue weighted by Crippen LogP contribution is 2.27. The third kappa shape index (κ3) is 2.40. The van der Waals surface area contributed by atoms with Crippen molar-refractivity contribution in [1.82, 2.24) is 0 Å². The van der Waals surface area contributed by atoms with Crippen LogP contribution >= 0.6 is 0 Å². The zero-order valence-electron chi connectivity index (χ0n) is 10.1. The molecule has 0 aliphatic heterocycles. The first-order chi connectivity index (χ1) is 8.59. The summed E-state index contributed by atoms with van der Waals surface area (Å²) in [6.07, 6.45) is 4.53. The fourth-order valence-corrected chi connectivity index (χ4v) is 2.10. The summed E-state index contributed by atoms with van der Waals surface area (Å²) in [6, 6.07) is 6.93. The summed E-state index contributed by atoms with van der Waals surface area (Å²) >= 11 is 0. The number of carbonyl (C=O) groups excluding carboxylic acids is 1. The van der Waals surface area contributed by atoms with Crippen molar-refractivity contribution < 1.29 is 14.7 Å². The normalized spacial score (nSPS) is 17.7. The molecule has 3 heteroatoms. The van der Waals surface area contributed by atoms with Gasteiger partial charge in [0.15, 0.2) is 5.78 Å². The molecular formula is C15H14O3. The summed E-state index contributed by atoms with van der Waals surface area (Å²) in [5.41, 5.74) is 2.98. The van der Waals surface area contributed by atoms with Gasteiger partial charge < -0.3 is 5.11 Å². The first kappa shape index (κ1) is 12.3. The molecule has 1 aromatic carbocycles. The molecule has 1 aliphatic carbocycles. The van der Waals surface area contributed by atoms with E-state index in [2.05, 4.69) is 0 Å². The fourth-order valence-electron chi connectivity index (χ4n) is 2.10. The van der Waals surface area contributed by atoms with Crippen molar-refractivity contribution in [2.45, 2.75) is 19.8 Å². The number of ketones is 1. The molecule has 0 heterocycles. The minimum Gasteiger partial charge on any atom is -0.478 e. The molecule has 1 N–H and O–H groups in total. The third-order valence-electron chi connectivity index (χ3n) is 3.15. The summed E-state index contributed by atoms with van der Waals surface area (Å²) in [4.78, 5) is 22.3. The van der Waals surface area contributed by atoms with E-state index in [9.17, 15) is 9.59 Å². The van der Waals surface area contributed by atoms with Crippen LogP contribution in [0, 0.1) is 0 Å². The van der Waals surface area contributed by atoms with E-state index in [1.54, 1.807) is 30.4 Å². The molecule has 0 atom stereocenters. The zero-order chi connectivity index (χ0) is 13.1. The maximum atomic E-state index is 11.2. The van der Waals surface area contributed by atoms with E-state index in [1.807, 2.05) is 13.0 Å². The molecule has 0 saturated heterocycles. The van der Waals surface area contributed by atoms with Crippen molar-refractivity contribution in [2.24, 2.45) is 0 Å². The van der Waals surface area contributed by atoms with E-state index < -0.39 is 5.97 Å². The predicted molar refractivity (Wildman–Crippen MR) is 69.4 cm³/mol. The van der Waals surface area contributed by atoms with Gasteiger partial charge in [0, 0.05) is 6.42 Å². The number of rotatable bonds is 2. The topological polar surface area (TPSA) is 54.4 Å². The number of carboxylic acid groups (broad SMARTS) is 1. The van der Waals surface area contributed by atoms with Gasteiger partial charge in [-0.1, -0.05) is 24.3 Å². The van der Waals surface area contributed by atoms with Crippen molar-refractivity contribution >= 4 is 17.3 Å². The highest BCUT2D eigenvalue weighted by molar-refractivity contribution is 5.96. The van der Waals surface area contributed by atoms with Crippen molar-refractivity contribution in [1.29, 1.82) is 0 Å². The Kier molecular flexibility index (Phi) is 3.42. The highest BCUT2D eigenvalue weighted by atomic mass is 16.4. The average Bonchev–Trinajstić information content (AvgIpc) is 2.39. The monoisotopic (exact) mass is 242 g/mol. The van der Waals surface area contributed by atoms with Crippen molar-refractivity contribution in [3.05, 3.63) is 53.1 Å². The number of hydrogen-bond donors (Lipinski definition) is 1. The molecule has 0 spiro atoms. The van der Waals surface area contributed by atoms with Gasteiger partial charge in [0.1, 0.15) is 0 Å². The number of carboxylic acids is 1. The number of benzene rings is 1. The number of hydrogen-bond acceptors (Lipinski definition) is 2. The van der Waals surface area contributed by atoms with Gasteiger partial charge in [-0.3, -0.25) is 4.79 Å². The second-order valence-corrected chi connectivity index (χ2v) is 4.30. The summed E-state index contributed by atoms with van der Waals surface area (Å²) in [7, 11) is 0. The third-order valence-corrected chi connectivity index (χ3v) is 3.15. The molecule has 2 rings (SSSR count). The maximum absolute atomic E-state index is 11.2. The summed E-state index contributed by atoms with van der Waals surface area (Å²) in [5, 5.41) is 9.16. The molecule has 92 valence electrons. The standard InChI is InChI=1S/C15H14O3/c1-10(11-6-8-12(16)9-7-11)13-4-2-3-5-14(13)15(17)18/h2-6,8H,7,9H2,1H3,(H,17,18). The lowest BCUT2D eigenvalue weighted by atomic mass is 9.91. The second kappa shape index (κ2) is 5.00. The molecule has 3 nitrogen and oxygen atoms in total. The minimum atomic E-state index is -0.929. The van der Waals surface area contributed by atoms with Gasteiger partial charge >= 0.3 is 5.97 Å².